The summed E-state index contributed by atoms with van der Waals surface area (Å²) < 4.78 is 0. The highest BCUT2D eigenvalue weighted by Crippen LogP contribution is 2.31. The molecule has 0 bridgehead atoms. The maximum absolute atomic E-state index is 14.4. The molecule has 2 fully saturated rings. The van der Waals surface area contributed by atoms with Crippen LogP contribution in [-0.2, 0) is 35.9 Å². The first-order valence-corrected chi connectivity index (χ1v) is 20.6. The Kier molecular flexibility index (Phi) is 15.1. The molecular weight excluding hydrogens is 717 g/mol. The highest BCUT2D eigenvalue weighted by molar-refractivity contribution is 6.03. The largest absolute Gasteiger partial charge is 0.342 e. The fourth-order valence-electron chi connectivity index (χ4n) is 8.36. The second-order valence-electron chi connectivity index (χ2n) is 18.2. The maximum atomic E-state index is 14.4. The normalized spacial score (nSPS) is 19.6. The molecule has 5 amide bonds. The smallest absolute Gasteiger partial charge is 0.249 e. The van der Waals surface area contributed by atoms with Crippen molar-refractivity contribution >= 4 is 29.5 Å². The van der Waals surface area contributed by atoms with Crippen molar-refractivity contribution in [3.8, 4) is 0 Å². The Morgan fingerprint density at radius 3 is 2.07 bits per heavy atom. The van der Waals surface area contributed by atoms with E-state index in [1.165, 1.54) is 5.56 Å². The van der Waals surface area contributed by atoms with Gasteiger partial charge in [-0.3, -0.25) is 34.2 Å². The maximum Gasteiger partial charge on any atom is 0.249 e. The predicted molar refractivity (Wildman–Crippen MR) is 226 cm³/mol. The summed E-state index contributed by atoms with van der Waals surface area (Å²) in [6.45, 7) is 21.4. The lowest BCUT2D eigenvalue weighted by atomic mass is 9.76. The SMILES string of the molecule is CN[C@H](C(=O)N[C@H](C(=O)N(C)[C@H](/C=C(\C)C(=O)N1CCC[C@H]1C(=O)NC(=O)[C@@H]1CCCN1Cc1ccccc1)C(C)C)C(C)(C)C)C(C)(C)c1ccc(C)c(C)c1. The molecule has 2 aliphatic heterocycles. The molecule has 0 aliphatic carbocycles. The molecule has 2 aromatic carbocycles. The zero-order chi connectivity index (χ0) is 42.4. The van der Waals surface area contributed by atoms with Crippen LogP contribution in [0.25, 0.3) is 0 Å². The van der Waals surface area contributed by atoms with Crippen LogP contribution in [-0.4, -0.2) is 102 Å². The number of hydrogen-bond acceptors (Lipinski definition) is 7. The molecule has 0 spiro atoms. The number of imide groups is 1. The van der Waals surface area contributed by atoms with Gasteiger partial charge in [0.15, 0.2) is 0 Å². The summed E-state index contributed by atoms with van der Waals surface area (Å²) in [6.07, 6.45) is 4.44. The van der Waals surface area contributed by atoms with E-state index in [1.54, 1.807) is 36.9 Å². The second-order valence-corrected chi connectivity index (χ2v) is 18.2. The van der Waals surface area contributed by atoms with Crippen molar-refractivity contribution in [3.05, 3.63) is 82.4 Å². The molecule has 2 aliphatic rings. The van der Waals surface area contributed by atoms with E-state index >= 15 is 0 Å². The number of benzene rings is 2. The third-order valence-electron chi connectivity index (χ3n) is 12.1. The van der Waals surface area contributed by atoms with Gasteiger partial charge in [-0.15, -0.1) is 0 Å². The van der Waals surface area contributed by atoms with E-state index in [0.717, 1.165) is 29.7 Å². The van der Waals surface area contributed by atoms with E-state index < -0.39 is 46.9 Å². The van der Waals surface area contributed by atoms with E-state index in [2.05, 4.69) is 52.9 Å². The molecule has 2 heterocycles. The van der Waals surface area contributed by atoms with Gasteiger partial charge >= 0.3 is 0 Å². The van der Waals surface area contributed by atoms with Gasteiger partial charge in [0, 0.05) is 31.1 Å². The van der Waals surface area contributed by atoms with E-state index in [9.17, 15) is 24.0 Å². The third-order valence-corrected chi connectivity index (χ3v) is 12.1. The highest BCUT2D eigenvalue weighted by atomic mass is 16.2. The Hall–Kier alpha value is -4.35. The first-order chi connectivity index (χ1) is 26.7. The summed E-state index contributed by atoms with van der Waals surface area (Å²) in [4.78, 5) is 74.8. The minimum absolute atomic E-state index is 0.0766. The number of likely N-dealkylation sites (N-methyl/N-ethyl adjacent to an activating group) is 2. The number of carbonyl (C=O) groups is 5. The van der Waals surface area contributed by atoms with Gasteiger partial charge in [-0.05, 0) is 93.6 Å². The van der Waals surface area contributed by atoms with E-state index in [0.29, 0.717) is 37.9 Å². The predicted octanol–water partition coefficient (Wildman–Crippen LogP) is 5.43. The van der Waals surface area contributed by atoms with Crippen LogP contribution < -0.4 is 16.0 Å². The molecule has 2 aromatic rings. The van der Waals surface area contributed by atoms with Crippen LogP contribution in [0, 0.1) is 25.2 Å². The molecule has 0 aromatic heterocycles. The first-order valence-electron chi connectivity index (χ1n) is 20.6. The lowest BCUT2D eigenvalue weighted by Crippen LogP contribution is -2.61. The standard InChI is InChI=1S/C46H68N6O5/c1-29(2)37(50(12)44(57)39(45(6,7)8)48-42(55)38(47-11)46(9,10)34-23-22-30(3)31(4)26-34)27-32(5)43(56)52-25-17-21-36(52)41(54)49-40(53)35-20-16-24-51(35)28-33-18-14-13-15-19-33/h13-15,18-19,22-23,26-27,29,35-39,47H,16-17,20-21,24-25,28H2,1-12H3,(H,48,55)(H,49,53,54)/b32-27+/t35-,36-,37+,38+,39+/m0/s1. The second kappa shape index (κ2) is 18.9. The van der Waals surface area contributed by atoms with Gasteiger partial charge in [-0.1, -0.05) is 103 Å². The van der Waals surface area contributed by atoms with E-state index in [1.807, 2.05) is 78.8 Å². The lowest BCUT2D eigenvalue weighted by molar-refractivity contribution is -0.141. The zero-order valence-electron chi connectivity index (χ0n) is 36.5. The summed E-state index contributed by atoms with van der Waals surface area (Å²) in [6, 6.07) is 13.1. The number of hydrogen-bond donors (Lipinski definition) is 3. The summed E-state index contributed by atoms with van der Waals surface area (Å²) in [5, 5.41) is 8.97. The molecule has 312 valence electrons. The fourth-order valence-corrected chi connectivity index (χ4v) is 8.36. The number of amides is 5. The Bertz CT molecular complexity index is 1800. The van der Waals surface area contributed by atoms with Crippen molar-refractivity contribution in [1.29, 1.82) is 0 Å². The Labute approximate surface area is 341 Å². The molecule has 4 rings (SSSR count). The van der Waals surface area contributed by atoms with Gasteiger partial charge in [-0.25, -0.2) is 0 Å². The van der Waals surface area contributed by atoms with Gasteiger partial charge in [0.25, 0.3) is 0 Å². The van der Waals surface area contributed by atoms with Crippen LogP contribution in [0.15, 0.2) is 60.2 Å². The average molecular weight is 785 g/mol. The molecule has 0 unspecified atom stereocenters. The lowest BCUT2D eigenvalue weighted by Gasteiger charge is -2.40. The molecule has 11 heteroatoms. The van der Waals surface area contributed by atoms with Crippen molar-refractivity contribution < 1.29 is 24.0 Å². The average Bonchev–Trinajstić information content (AvgIpc) is 3.83. The molecule has 3 N–H and O–H groups in total. The molecular formula is C46H68N6O5. The highest BCUT2D eigenvalue weighted by Gasteiger charge is 2.43. The van der Waals surface area contributed by atoms with Crippen molar-refractivity contribution in [1.82, 2.24) is 30.7 Å². The van der Waals surface area contributed by atoms with Crippen LogP contribution >= 0.6 is 0 Å². The van der Waals surface area contributed by atoms with Gasteiger partial charge in [0.1, 0.15) is 12.1 Å². The van der Waals surface area contributed by atoms with E-state index in [-0.39, 0.29) is 29.5 Å². The van der Waals surface area contributed by atoms with Crippen molar-refractivity contribution in [2.45, 2.75) is 137 Å². The molecule has 0 saturated carbocycles. The Morgan fingerprint density at radius 1 is 0.860 bits per heavy atom. The topological polar surface area (TPSA) is 131 Å². The number of rotatable bonds is 14. The van der Waals surface area contributed by atoms with Crippen molar-refractivity contribution in [3.63, 3.8) is 0 Å². The van der Waals surface area contributed by atoms with Crippen molar-refractivity contribution in [2.75, 3.05) is 27.2 Å². The van der Waals surface area contributed by atoms with Crippen LogP contribution in [0.5, 0.6) is 0 Å². The summed E-state index contributed by atoms with van der Waals surface area (Å²) in [7, 11) is 3.47. The first kappa shape index (κ1) is 45.4. The van der Waals surface area contributed by atoms with Gasteiger partial charge in [-0.2, -0.15) is 0 Å². The molecule has 5 atom stereocenters. The molecule has 57 heavy (non-hydrogen) atoms. The summed E-state index contributed by atoms with van der Waals surface area (Å²) in [5.41, 5.74) is 3.63. The number of likely N-dealkylation sites (tertiary alicyclic amines) is 2. The Balaban J connectivity index is 1.47. The number of nitrogens with zero attached hydrogens (tertiary/aromatic N) is 3. The van der Waals surface area contributed by atoms with Gasteiger partial charge in [0.2, 0.25) is 29.5 Å². The number of nitrogens with one attached hydrogen (secondary N) is 3. The van der Waals surface area contributed by atoms with Crippen molar-refractivity contribution in [2.24, 2.45) is 11.3 Å². The molecule has 0 radical (unpaired) electrons. The fraction of sp³-hybridized carbons (Fsp3) is 0.587. The van der Waals surface area contributed by atoms with Crippen LogP contribution in [0.2, 0.25) is 0 Å². The summed E-state index contributed by atoms with van der Waals surface area (Å²) >= 11 is 0. The number of aryl methyl sites for hydroxylation is 2. The van der Waals surface area contributed by atoms with Crippen LogP contribution in [0.1, 0.15) is 103 Å². The molecule has 2 saturated heterocycles. The third kappa shape index (κ3) is 10.8. The van der Waals surface area contributed by atoms with Gasteiger partial charge in [0.05, 0.1) is 18.1 Å². The number of carbonyl (C=O) groups excluding carboxylic acids is 5. The van der Waals surface area contributed by atoms with Crippen LogP contribution in [0.4, 0.5) is 0 Å². The van der Waals surface area contributed by atoms with Gasteiger partial charge < -0.3 is 20.4 Å². The molecule has 11 nitrogen and oxygen atoms in total. The minimum Gasteiger partial charge on any atom is -0.342 e. The Morgan fingerprint density at radius 2 is 1.47 bits per heavy atom. The monoisotopic (exact) mass is 785 g/mol. The van der Waals surface area contributed by atoms with Crippen LogP contribution in [0.3, 0.4) is 0 Å². The van der Waals surface area contributed by atoms with E-state index in [4.69, 9.17) is 0 Å². The summed E-state index contributed by atoms with van der Waals surface area (Å²) in [5.74, 6) is -1.71. The minimum atomic E-state index is -0.861. The zero-order valence-corrected chi connectivity index (χ0v) is 36.5. The quantitative estimate of drug-likeness (QED) is 0.172.